The lowest BCUT2D eigenvalue weighted by molar-refractivity contribution is -0.141. The maximum atomic E-state index is 12.5. The number of carbonyl (C=O) groups is 1. The number of aromatic nitrogens is 1. The average molecular weight is 291 g/mol. The molecule has 108 valence electrons. The van der Waals surface area contributed by atoms with E-state index in [0.29, 0.717) is 17.0 Å². The molecule has 0 aliphatic heterocycles. The number of pyridine rings is 1. The molecule has 2 nitrogen and oxygen atoms in total. The average Bonchev–Trinajstić information content (AvgIpc) is 3.30. The van der Waals surface area contributed by atoms with Gasteiger partial charge in [0.05, 0.1) is 0 Å². The zero-order chi connectivity index (χ0) is 15.0. The normalized spacial score (nSPS) is 15.0. The first-order chi connectivity index (χ1) is 9.97. The second-order valence-corrected chi connectivity index (χ2v) is 5.21. The largest absolute Gasteiger partial charge is 0.433 e. The van der Waals surface area contributed by atoms with Gasteiger partial charge in [0.2, 0.25) is 0 Å². The van der Waals surface area contributed by atoms with E-state index in [-0.39, 0.29) is 0 Å². The fourth-order valence-corrected chi connectivity index (χ4v) is 2.30. The van der Waals surface area contributed by atoms with Crippen LogP contribution in [0.3, 0.4) is 0 Å². The summed E-state index contributed by atoms with van der Waals surface area (Å²) in [6.07, 6.45) is -0.307. The Kier molecular flexibility index (Phi) is 3.27. The summed E-state index contributed by atoms with van der Waals surface area (Å²) in [4.78, 5) is 14.5. The van der Waals surface area contributed by atoms with Crippen molar-refractivity contribution in [3.63, 3.8) is 0 Å². The Morgan fingerprint density at radius 1 is 1.10 bits per heavy atom. The van der Waals surface area contributed by atoms with Crippen molar-refractivity contribution in [2.45, 2.75) is 24.9 Å². The number of halogens is 3. The molecule has 1 aliphatic carbocycles. The summed E-state index contributed by atoms with van der Waals surface area (Å²) in [5.74, 6) is 0.464. The summed E-state index contributed by atoms with van der Waals surface area (Å²) in [7, 11) is 0. The van der Waals surface area contributed by atoms with Crippen molar-refractivity contribution in [3.8, 4) is 11.1 Å². The first-order valence-corrected chi connectivity index (χ1v) is 6.61. The molecule has 0 atom stereocenters. The summed E-state index contributed by atoms with van der Waals surface area (Å²) in [6.45, 7) is 0. The Balaban J connectivity index is 1.99. The first-order valence-electron chi connectivity index (χ1n) is 6.61. The topological polar surface area (TPSA) is 30.0 Å². The van der Waals surface area contributed by atoms with Gasteiger partial charge in [-0.15, -0.1) is 0 Å². The molecule has 1 aromatic carbocycles. The van der Waals surface area contributed by atoms with Crippen molar-refractivity contribution in [1.82, 2.24) is 4.98 Å². The van der Waals surface area contributed by atoms with Crippen LogP contribution in [-0.4, -0.2) is 11.3 Å². The van der Waals surface area contributed by atoms with Crippen molar-refractivity contribution in [2.24, 2.45) is 0 Å². The Labute approximate surface area is 119 Å². The maximum absolute atomic E-state index is 12.5. The summed E-state index contributed by atoms with van der Waals surface area (Å²) >= 11 is 0. The lowest BCUT2D eigenvalue weighted by atomic mass is 9.99. The van der Waals surface area contributed by atoms with Crippen LogP contribution in [-0.2, 0) is 6.18 Å². The Morgan fingerprint density at radius 3 is 2.38 bits per heavy atom. The van der Waals surface area contributed by atoms with Gasteiger partial charge in [-0.3, -0.25) is 9.78 Å². The molecule has 0 bridgehead atoms. The fourth-order valence-electron chi connectivity index (χ4n) is 2.30. The molecule has 0 unspecified atom stereocenters. The van der Waals surface area contributed by atoms with Crippen molar-refractivity contribution < 1.29 is 18.0 Å². The fraction of sp³-hybridized carbons (Fsp3) is 0.250. The smallest absolute Gasteiger partial charge is 0.298 e. The van der Waals surface area contributed by atoms with Gasteiger partial charge in [-0.2, -0.15) is 13.2 Å². The standard InChI is InChI=1S/C16H12F3NO/c17-16(18,19)15-4-3-12(8-20-15)14-6-10(9-21)5-13(7-14)11-1-2-11/h3-9,11H,1-2H2. The molecule has 1 fully saturated rings. The highest BCUT2D eigenvalue weighted by Crippen LogP contribution is 2.41. The zero-order valence-electron chi connectivity index (χ0n) is 11.0. The molecule has 0 amide bonds. The summed E-state index contributed by atoms with van der Waals surface area (Å²) in [5.41, 5.74) is 1.99. The SMILES string of the molecule is O=Cc1cc(-c2ccc(C(F)(F)F)nc2)cc(C2CC2)c1. The summed E-state index contributed by atoms with van der Waals surface area (Å²) in [6, 6.07) is 7.78. The number of benzene rings is 1. The van der Waals surface area contributed by atoms with Gasteiger partial charge in [0.1, 0.15) is 12.0 Å². The third-order valence-corrected chi connectivity index (χ3v) is 3.55. The maximum Gasteiger partial charge on any atom is 0.433 e. The molecule has 1 saturated carbocycles. The number of hydrogen-bond acceptors (Lipinski definition) is 2. The van der Waals surface area contributed by atoms with Crippen LogP contribution in [0.2, 0.25) is 0 Å². The van der Waals surface area contributed by atoms with Gasteiger partial charge in [0, 0.05) is 17.3 Å². The van der Waals surface area contributed by atoms with E-state index in [1.165, 1.54) is 12.3 Å². The van der Waals surface area contributed by atoms with Gasteiger partial charge >= 0.3 is 6.18 Å². The molecular weight excluding hydrogens is 279 g/mol. The van der Waals surface area contributed by atoms with Crippen LogP contribution in [0.5, 0.6) is 0 Å². The summed E-state index contributed by atoms with van der Waals surface area (Å²) in [5, 5.41) is 0. The van der Waals surface area contributed by atoms with Crippen LogP contribution in [0.25, 0.3) is 11.1 Å². The molecule has 2 aromatic rings. The van der Waals surface area contributed by atoms with E-state index < -0.39 is 11.9 Å². The minimum atomic E-state index is -4.44. The van der Waals surface area contributed by atoms with E-state index in [0.717, 1.165) is 36.3 Å². The van der Waals surface area contributed by atoms with Crippen molar-refractivity contribution in [2.75, 3.05) is 0 Å². The van der Waals surface area contributed by atoms with Crippen LogP contribution < -0.4 is 0 Å². The Hall–Kier alpha value is -2.17. The number of nitrogens with zero attached hydrogens (tertiary/aromatic N) is 1. The van der Waals surface area contributed by atoms with Gasteiger partial charge < -0.3 is 0 Å². The molecule has 0 N–H and O–H groups in total. The Morgan fingerprint density at radius 2 is 1.86 bits per heavy atom. The molecule has 0 radical (unpaired) electrons. The Bertz CT molecular complexity index is 673. The highest BCUT2D eigenvalue weighted by molar-refractivity contribution is 5.79. The molecule has 5 heteroatoms. The third kappa shape index (κ3) is 2.96. The van der Waals surface area contributed by atoms with Crippen molar-refractivity contribution in [3.05, 3.63) is 53.3 Å². The van der Waals surface area contributed by atoms with Gasteiger partial charge in [0.25, 0.3) is 0 Å². The molecule has 3 rings (SSSR count). The van der Waals surface area contributed by atoms with Crippen LogP contribution in [0, 0.1) is 0 Å². The van der Waals surface area contributed by atoms with E-state index in [4.69, 9.17) is 0 Å². The van der Waals surface area contributed by atoms with Gasteiger partial charge in [-0.1, -0.05) is 12.1 Å². The minimum Gasteiger partial charge on any atom is -0.298 e. The molecule has 1 aromatic heterocycles. The molecule has 1 aliphatic rings. The van der Waals surface area contributed by atoms with Gasteiger partial charge in [-0.25, -0.2) is 0 Å². The predicted molar refractivity (Wildman–Crippen MR) is 72.0 cm³/mol. The zero-order valence-corrected chi connectivity index (χ0v) is 11.0. The lowest BCUT2D eigenvalue weighted by Gasteiger charge is -2.09. The highest BCUT2D eigenvalue weighted by Gasteiger charge is 2.32. The molecule has 21 heavy (non-hydrogen) atoms. The lowest BCUT2D eigenvalue weighted by Crippen LogP contribution is -2.07. The van der Waals surface area contributed by atoms with Gasteiger partial charge in [-0.05, 0) is 48.1 Å². The van der Waals surface area contributed by atoms with Gasteiger partial charge in [0.15, 0.2) is 0 Å². The summed E-state index contributed by atoms with van der Waals surface area (Å²) < 4.78 is 37.5. The number of aldehydes is 1. The van der Waals surface area contributed by atoms with Crippen LogP contribution in [0.15, 0.2) is 36.5 Å². The molecular formula is C16H12F3NO. The number of rotatable bonds is 3. The van der Waals surface area contributed by atoms with Crippen LogP contribution in [0.1, 0.15) is 40.4 Å². The van der Waals surface area contributed by atoms with E-state index in [9.17, 15) is 18.0 Å². The van der Waals surface area contributed by atoms with Crippen molar-refractivity contribution in [1.29, 1.82) is 0 Å². The highest BCUT2D eigenvalue weighted by atomic mass is 19.4. The first kappa shape index (κ1) is 13.8. The molecule has 0 spiro atoms. The second kappa shape index (κ2) is 4.98. The number of carbonyl (C=O) groups excluding carboxylic acids is 1. The predicted octanol–water partition coefficient (Wildman–Crippen LogP) is 4.46. The van der Waals surface area contributed by atoms with Crippen LogP contribution >= 0.6 is 0 Å². The molecule has 1 heterocycles. The van der Waals surface area contributed by atoms with E-state index in [2.05, 4.69) is 4.98 Å². The van der Waals surface area contributed by atoms with E-state index in [1.807, 2.05) is 12.1 Å². The van der Waals surface area contributed by atoms with Crippen molar-refractivity contribution >= 4 is 6.29 Å². The quantitative estimate of drug-likeness (QED) is 0.782. The van der Waals surface area contributed by atoms with E-state index in [1.54, 1.807) is 6.07 Å². The number of alkyl halides is 3. The van der Waals surface area contributed by atoms with E-state index >= 15 is 0 Å². The van der Waals surface area contributed by atoms with Crippen LogP contribution in [0.4, 0.5) is 13.2 Å². The minimum absolute atomic E-state index is 0.464. The number of hydrogen-bond donors (Lipinski definition) is 0. The monoisotopic (exact) mass is 291 g/mol. The third-order valence-electron chi connectivity index (χ3n) is 3.55. The second-order valence-electron chi connectivity index (χ2n) is 5.21. The molecule has 0 saturated heterocycles.